The normalized spacial score (nSPS) is 24.9. The fourth-order valence-electron chi connectivity index (χ4n) is 5.99. The van der Waals surface area contributed by atoms with Gasteiger partial charge in [0.05, 0.1) is 30.3 Å². The summed E-state index contributed by atoms with van der Waals surface area (Å²) in [5.74, 6) is -0.984. The number of ether oxygens (including phenoxy) is 2. The van der Waals surface area contributed by atoms with E-state index in [1.54, 1.807) is 38.7 Å². The number of benzene rings is 1. The molecule has 1 aromatic rings. The summed E-state index contributed by atoms with van der Waals surface area (Å²) in [4.78, 5) is 43.7. The molecule has 3 heterocycles. The Balaban J connectivity index is 1.49. The van der Waals surface area contributed by atoms with Crippen LogP contribution >= 0.6 is 11.6 Å². The van der Waals surface area contributed by atoms with Gasteiger partial charge in [-0.3, -0.25) is 14.5 Å². The molecule has 0 aliphatic carbocycles. The summed E-state index contributed by atoms with van der Waals surface area (Å²) in [6.45, 7) is 16.5. The largest absolute Gasteiger partial charge is 0.466 e. The fourth-order valence-corrected chi connectivity index (χ4v) is 6.18. The number of esters is 1. The minimum atomic E-state index is -0.750. The number of fused-ring (bicyclic) bond motifs is 1. The standard InChI is InChI=1S/C31H46BClN2O7/c1-9-39-27(37)24-19-34(17-21(24)11-10-14-32-41-30(5,6)31(7,8)42-32)26(36)25-16-20-12-13-23(33)15-22(20)18-35(25)28(38)40-29(2,3)4/h12-13,15,21,24-25H,9-11,14,16-19H2,1-8H3. The van der Waals surface area contributed by atoms with Crippen molar-refractivity contribution in [3.63, 3.8) is 0 Å². The quantitative estimate of drug-likeness (QED) is 0.299. The monoisotopic (exact) mass is 604 g/mol. The van der Waals surface area contributed by atoms with Crippen molar-refractivity contribution in [2.75, 3.05) is 19.7 Å². The second-order valence-corrected chi connectivity index (χ2v) is 14.2. The smallest absolute Gasteiger partial charge is 0.457 e. The Kier molecular flexibility index (Phi) is 9.60. The van der Waals surface area contributed by atoms with E-state index in [1.807, 2.05) is 39.8 Å². The van der Waals surface area contributed by atoms with Crippen molar-refractivity contribution in [1.29, 1.82) is 0 Å². The lowest BCUT2D eigenvalue weighted by molar-refractivity contribution is -0.149. The van der Waals surface area contributed by atoms with E-state index in [0.717, 1.165) is 24.0 Å². The van der Waals surface area contributed by atoms with Crippen molar-refractivity contribution in [3.05, 3.63) is 34.3 Å². The minimum absolute atomic E-state index is 0.0694. The van der Waals surface area contributed by atoms with Gasteiger partial charge in [0, 0.05) is 24.5 Å². The molecule has 11 heteroatoms. The molecule has 0 radical (unpaired) electrons. The number of carbonyl (C=O) groups is 3. The van der Waals surface area contributed by atoms with Crippen LogP contribution < -0.4 is 0 Å². The Bertz CT molecular complexity index is 1170. The predicted octanol–water partition coefficient (Wildman–Crippen LogP) is 5.51. The highest BCUT2D eigenvalue weighted by molar-refractivity contribution is 6.45. The van der Waals surface area contributed by atoms with E-state index in [-0.39, 0.29) is 44.6 Å². The second-order valence-electron chi connectivity index (χ2n) is 13.7. The molecule has 4 rings (SSSR count). The summed E-state index contributed by atoms with van der Waals surface area (Å²) in [5.41, 5.74) is 0.350. The molecule has 2 fully saturated rings. The number of likely N-dealkylation sites (tertiary alicyclic amines) is 1. The van der Waals surface area contributed by atoms with E-state index >= 15 is 0 Å². The van der Waals surface area contributed by atoms with Gasteiger partial charge in [-0.15, -0.1) is 0 Å². The summed E-state index contributed by atoms with van der Waals surface area (Å²) in [7, 11) is -0.312. The third-order valence-corrected chi connectivity index (χ3v) is 9.11. The molecule has 232 valence electrons. The molecule has 2 saturated heterocycles. The number of nitrogens with zero attached hydrogens (tertiary/aromatic N) is 2. The van der Waals surface area contributed by atoms with E-state index in [2.05, 4.69) is 0 Å². The third-order valence-electron chi connectivity index (χ3n) is 8.87. The summed E-state index contributed by atoms with van der Waals surface area (Å²) in [5, 5.41) is 0.572. The maximum atomic E-state index is 14.1. The maximum absolute atomic E-state index is 14.1. The van der Waals surface area contributed by atoms with Crippen molar-refractivity contribution in [1.82, 2.24) is 9.80 Å². The van der Waals surface area contributed by atoms with Gasteiger partial charge in [-0.2, -0.15) is 0 Å². The van der Waals surface area contributed by atoms with Crippen LogP contribution in [0, 0.1) is 11.8 Å². The van der Waals surface area contributed by atoms with Crippen molar-refractivity contribution in [2.45, 2.75) is 110 Å². The molecule has 0 saturated carbocycles. The van der Waals surface area contributed by atoms with Crippen LogP contribution in [-0.2, 0) is 41.3 Å². The molecule has 3 aliphatic heterocycles. The van der Waals surface area contributed by atoms with Gasteiger partial charge in [-0.25, -0.2) is 4.79 Å². The van der Waals surface area contributed by atoms with Crippen LogP contribution in [0.2, 0.25) is 11.3 Å². The Morgan fingerprint density at radius 3 is 2.36 bits per heavy atom. The Morgan fingerprint density at radius 2 is 1.74 bits per heavy atom. The van der Waals surface area contributed by atoms with Crippen LogP contribution in [0.15, 0.2) is 18.2 Å². The van der Waals surface area contributed by atoms with Gasteiger partial charge in [-0.1, -0.05) is 24.1 Å². The summed E-state index contributed by atoms with van der Waals surface area (Å²) in [6, 6.07) is 4.79. The first-order valence-corrected chi connectivity index (χ1v) is 15.5. The molecule has 0 N–H and O–H groups in total. The number of halogens is 1. The first-order chi connectivity index (χ1) is 19.5. The van der Waals surface area contributed by atoms with E-state index in [9.17, 15) is 14.4 Å². The van der Waals surface area contributed by atoms with Crippen molar-refractivity contribution in [3.8, 4) is 0 Å². The third kappa shape index (κ3) is 7.25. The molecule has 0 aromatic heterocycles. The number of hydrogen-bond donors (Lipinski definition) is 0. The van der Waals surface area contributed by atoms with Gasteiger partial charge in [0.25, 0.3) is 0 Å². The number of amides is 2. The fraction of sp³-hybridized carbons (Fsp3) is 0.710. The van der Waals surface area contributed by atoms with Crippen molar-refractivity contribution in [2.24, 2.45) is 11.8 Å². The Morgan fingerprint density at radius 1 is 1.07 bits per heavy atom. The van der Waals surface area contributed by atoms with Crippen LogP contribution in [0.25, 0.3) is 0 Å². The van der Waals surface area contributed by atoms with Crippen LogP contribution in [0.5, 0.6) is 0 Å². The highest BCUT2D eigenvalue weighted by atomic mass is 35.5. The molecule has 0 spiro atoms. The minimum Gasteiger partial charge on any atom is -0.466 e. The lowest BCUT2D eigenvalue weighted by Gasteiger charge is -2.38. The lowest BCUT2D eigenvalue weighted by Crippen LogP contribution is -2.54. The average molecular weight is 605 g/mol. The van der Waals surface area contributed by atoms with E-state index < -0.39 is 34.9 Å². The van der Waals surface area contributed by atoms with Gasteiger partial charge in [0.2, 0.25) is 5.91 Å². The van der Waals surface area contributed by atoms with Crippen LogP contribution in [0.3, 0.4) is 0 Å². The molecule has 3 atom stereocenters. The van der Waals surface area contributed by atoms with Crippen molar-refractivity contribution < 1.29 is 33.2 Å². The van der Waals surface area contributed by atoms with Crippen LogP contribution in [-0.4, -0.2) is 77.4 Å². The summed E-state index contributed by atoms with van der Waals surface area (Å²) in [6.07, 6.45) is 1.99. The van der Waals surface area contributed by atoms with E-state index in [0.29, 0.717) is 24.3 Å². The SMILES string of the molecule is CCOC(=O)C1CN(C(=O)C2Cc3ccc(Cl)cc3CN2C(=O)OC(C)(C)C)CC1CCCB1OC(C)(C)C(C)(C)O1. The molecule has 3 aliphatic rings. The topological polar surface area (TPSA) is 94.6 Å². The zero-order valence-corrected chi connectivity index (χ0v) is 27.1. The number of carbonyl (C=O) groups excluding carboxylic acids is 3. The Hall–Kier alpha value is -2.30. The molecule has 0 bridgehead atoms. The van der Waals surface area contributed by atoms with Crippen molar-refractivity contribution >= 4 is 36.7 Å². The summed E-state index contributed by atoms with van der Waals surface area (Å²) < 4.78 is 23.4. The number of rotatable bonds is 7. The lowest BCUT2D eigenvalue weighted by atomic mass is 9.79. The average Bonchev–Trinajstić information content (AvgIpc) is 3.38. The van der Waals surface area contributed by atoms with Gasteiger partial charge in [-0.05, 0) is 97.3 Å². The molecule has 42 heavy (non-hydrogen) atoms. The van der Waals surface area contributed by atoms with Gasteiger partial charge in [0.1, 0.15) is 11.6 Å². The molecular formula is C31H46BClN2O7. The van der Waals surface area contributed by atoms with Crippen LogP contribution in [0.4, 0.5) is 4.79 Å². The highest BCUT2D eigenvalue weighted by Gasteiger charge is 2.51. The first kappa shape index (κ1) is 32.6. The summed E-state index contributed by atoms with van der Waals surface area (Å²) >= 11 is 6.24. The molecule has 1 aromatic carbocycles. The maximum Gasteiger partial charge on any atom is 0.457 e. The van der Waals surface area contributed by atoms with Gasteiger partial charge in [0.15, 0.2) is 0 Å². The van der Waals surface area contributed by atoms with Gasteiger partial charge < -0.3 is 23.7 Å². The molecular weight excluding hydrogens is 559 g/mol. The highest BCUT2D eigenvalue weighted by Crippen LogP contribution is 2.39. The Labute approximate surface area is 255 Å². The molecule has 2 amide bonds. The molecule has 3 unspecified atom stereocenters. The van der Waals surface area contributed by atoms with Gasteiger partial charge >= 0.3 is 19.2 Å². The number of hydrogen-bond acceptors (Lipinski definition) is 7. The zero-order valence-electron chi connectivity index (χ0n) is 26.3. The van der Waals surface area contributed by atoms with E-state index in [4.69, 9.17) is 30.4 Å². The predicted molar refractivity (Wildman–Crippen MR) is 161 cm³/mol. The second kappa shape index (κ2) is 12.4. The molecule has 9 nitrogen and oxygen atoms in total. The van der Waals surface area contributed by atoms with E-state index in [1.165, 1.54) is 4.90 Å². The van der Waals surface area contributed by atoms with Crippen LogP contribution in [0.1, 0.15) is 79.4 Å². The first-order valence-electron chi connectivity index (χ1n) is 15.1. The zero-order chi connectivity index (χ0) is 31.0.